The SMILES string of the molecule is Cc1cccc(NC(=O)CNC(=O)c2cc(-c3cccs3)on2)c1C. The first-order valence-electron chi connectivity index (χ1n) is 7.69. The Labute approximate surface area is 148 Å². The lowest BCUT2D eigenvalue weighted by molar-refractivity contribution is -0.115. The van der Waals surface area contributed by atoms with Gasteiger partial charge in [0, 0.05) is 11.8 Å². The summed E-state index contributed by atoms with van der Waals surface area (Å²) in [6.45, 7) is 3.76. The van der Waals surface area contributed by atoms with Crippen LogP contribution in [0.1, 0.15) is 21.6 Å². The molecule has 3 rings (SSSR count). The van der Waals surface area contributed by atoms with Gasteiger partial charge in [0.1, 0.15) is 0 Å². The molecule has 6 nitrogen and oxygen atoms in total. The van der Waals surface area contributed by atoms with Crippen LogP contribution in [-0.2, 0) is 4.79 Å². The molecule has 0 saturated carbocycles. The molecule has 0 spiro atoms. The van der Waals surface area contributed by atoms with E-state index in [1.165, 1.54) is 11.3 Å². The standard InChI is InChI=1S/C18H17N3O3S/c1-11-5-3-6-13(12(11)2)20-17(22)10-19-18(23)14-9-15(24-21-14)16-7-4-8-25-16/h3-9H,10H2,1-2H3,(H,19,23)(H,20,22). The summed E-state index contributed by atoms with van der Waals surface area (Å²) in [6.07, 6.45) is 0. The number of hydrogen-bond donors (Lipinski definition) is 2. The summed E-state index contributed by atoms with van der Waals surface area (Å²) in [5.41, 5.74) is 2.97. The molecule has 0 aliphatic heterocycles. The zero-order valence-electron chi connectivity index (χ0n) is 13.8. The second kappa shape index (κ2) is 7.31. The molecule has 2 N–H and O–H groups in total. The summed E-state index contributed by atoms with van der Waals surface area (Å²) in [5, 5.41) is 11.0. The Kier molecular flexibility index (Phi) is 4.95. The smallest absolute Gasteiger partial charge is 0.273 e. The molecular formula is C18H17N3O3S. The first-order chi connectivity index (χ1) is 12.0. The normalized spacial score (nSPS) is 10.5. The lowest BCUT2D eigenvalue weighted by Crippen LogP contribution is -2.33. The number of amides is 2. The molecule has 0 aliphatic rings. The Morgan fingerprint density at radius 3 is 2.80 bits per heavy atom. The highest BCUT2D eigenvalue weighted by atomic mass is 32.1. The van der Waals surface area contributed by atoms with Crippen molar-refractivity contribution in [1.29, 1.82) is 0 Å². The van der Waals surface area contributed by atoms with Crippen molar-refractivity contribution in [3.8, 4) is 10.6 Å². The molecular weight excluding hydrogens is 338 g/mol. The Morgan fingerprint density at radius 1 is 1.20 bits per heavy atom. The Balaban J connectivity index is 1.57. The van der Waals surface area contributed by atoms with Crippen LogP contribution in [0, 0.1) is 13.8 Å². The van der Waals surface area contributed by atoms with Crippen molar-refractivity contribution in [1.82, 2.24) is 10.5 Å². The second-order valence-electron chi connectivity index (χ2n) is 5.53. The average molecular weight is 355 g/mol. The van der Waals surface area contributed by atoms with Gasteiger partial charge in [-0.25, -0.2) is 0 Å². The van der Waals surface area contributed by atoms with Crippen LogP contribution in [-0.4, -0.2) is 23.5 Å². The quantitative estimate of drug-likeness (QED) is 0.735. The summed E-state index contributed by atoms with van der Waals surface area (Å²) in [5.74, 6) is -0.230. The summed E-state index contributed by atoms with van der Waals surface area (Å²) < 4.78 is 5.16. The maximum absolute atomic E-state index is 12.1. The summed E-state index contributed by atoms with van der Waals surface area (Å²) in [7, 11) is 0. The minimum absolute atomic E-state index is 0.142. The van der Waals surface area contributed by atoms with Gasteiger partial charge >= 0.3 is 0 Å². The Morgan fingerprint density at radius 2 is 2.04 bits per heavy atom. The van der Waals surface area contributed by atoms with E-state index in [9.17, 15) is 9.59 Å². The number of aromatic nitrogens is 1. The van der Waals surface area contributed by atoms with Crippen molar-refractivity contribution in [2.24, 2.45) is 0 Å². The van der Waals surface area contributed by atoms with E-state index in [-0.39, 0.29) is 18.1 Å². The van der Waals surface area contributed by atoms with Crippen molar-refractivity contribution >= 4 is 28.8 Å². The molecule has 0 saturated heterocycles. The minimum Gasteiger partial charge on any atom is -0.355 e. The molecule has 0 unspecified atom stereocenters. The van der Waals surface area contributed by atoms with Crippen LogP contribution in [0.2, 0.25) is 0 Å². The minimum atomic E-state index is -0.456. The highest BCUT2D eigenvalue weighted by Gasteiger charge is 2.15. The fraction of sp³-hybridized carbons (Fsp3) is 0.167. The molecule has 0 atom stereocenters. The van der Waals surface area contributed by atoms with E-state index >= 15 is 0 Å². The number of aryl methyl sites for hydroxylation is 1. The van der Waals surface area contributed by atoms with Gasteiger partial charge in [-0.1, -0.05) is 23.4 Å². The van der Waals surface area contributed by atoms with Crippen molar-refractivity contribution in [2.75, 3.05) is 11.9 Å². The van der Waals surface area contributed by atoms with Crippen LogP contribution in [0.15, 0.2) is 46.3 Å². The maximum Gasteiger partial charge on any atom is 0.273 e. The highest BCUT2D eigenvalue weighted by molar-refractivity contribution is 7.13. The van der Waals surface area contributed by atoms with Gasteiger partial charge in [0.15, 0.2) is 11.5 Å². The van der Waals surface area contributed by atoms with E-state index in [0.29, 0.717) is 5.76 Å². The number of carbonyl (C=O) groups is 2. The van der Waals surface area contributed by atoms with Gasteiger partial charge in [-0.05, 0) is 42.5 Å². The number of thiophene rings is 1. The number of hydrogen-bond acceptors (Lipinski definition) is 5. The number of rotatable bonds is 5. The van der Waals surface area contributed by atoms with E-state index in [0.717, 1.165) is 21.7 Å². The van der Waals surface area contributed by atoms with E-state index in [1.54, 1.807) is 6.07 Å². The number of anilines is 1. The van der Waals surface area contributed by atoms with Gasteiger partial charge in [0.05, 0.1) is 11.4 Å². The first-order valence-corrected chi connectivity index (χ1v) is 8.57. The van der Waals surface area contributed by atoms with Gasteiger partial charge in [-0.2, -0.15) is 0 Å². The monoisotopic (exact) mass is 355 g/mol. The highest BCUT2D eigenvalue weighted by Crippen LogP contribution is 2.25. The predicted molar refractivity (Wildman–Crippen MR) is 96.7 cm³/mol. The molecule has 0 bridgehead atoms. The molecule has 2 heterocycles. The number of nitrogens with one attached hydrogen (secondary N) is 2. The summed E-state index contributed by atoms with van der Waals surface area (Å²) in [4.78, 5) is 25.0. The summed E-state index contributed by atoms with van der Waals surface area (Å²) >= 11 is 1.49. The fourth-order valence-electron chi connectivity index (χ4n) is 2.25. The lowest BCUT2D eigenvalue weighted by atomic mass is 10.1. The molecule has 25 heavy (non-hydrogen) atoms. The van der Waals surface area contributed by atoms with Crippen LogP contribution in [0.5, 0.6) is 0 Å². The zero-order valence-corrected chi connectivity index (χ0v) is 14.6. The molecule has 128 valence electrons. The van der Waals surface area contributed by atoms with Crippen LogP contribution in [0.4, 0.5) is 5.69 Å². The van der Waals surface area contributed by atoms with Crippen LogP contribution in [0.3, 0.4) is 0 Å². The Bertz CT molecular complexity index is 900. The van der Waals surface area contributed by atoms with E-state index in [4.69, 9.17) is 4.52 Å². The number of benzene rings is 1. The van der Waals surface area contributed by atoms with E-state index in [2.05, 4.69) is 15.8 Å². The van der Waals surface area contributed by atoms with Crippen LogP contribution in [0.25, 0.3) is 10.6 Å². The van der Waals surface area contributed by atoms with Crippen molar-refractivity contribution in [3.05, 3.63) is 58.6 Å². The van der Waals surface area contributed by atoms with E-state index in [1.807, 2.05) is 49.6 Å². The number of carbonyl (C=O) groups excluding carboxylic acids is 2. The van der Waals surface area contributed by atoms with Gasteiger partial charge in [-0.15, -0.1) is 11.3 Å². The molecule has 0 radical (unpaired) electrons. The van der Waals surface area contributed by atoms with Crippen LogP contribution >= 0.6 is 11.3 Å². The fourth-order valence-corrected chi connectivity index (χ4v) is 2.92. The molecule has 0 fully saturated rings. The van der Waals surface area contributed by atoms with Gasteiger partial charge in [0.2, 0.25) is 5.91 Å². The maximum atomic E-state index is 12.1. The average Bonchev–Trinajstić information content (AvgIpc) is 3.27. The van der Waals surface area contributed by atoms with Crippen molar-refractivity contribution in [3.63, 3.8) is 0 Å². The third-order valence-corrected chi connectivity index (χ3v) is 4.68. The van der Waals surface area contributed by atoms with E-state index < -0.39 is 5.91 Å². The van der Waals surface area contributed by atoms with Crippen molar-refractivity contribution < 1.29 is 14.1 Å². The first kappa shape index (κ1) is 16.9. The third-order valence-electron chi connectivity index (χ3n) is 3.80. The third kappa shape index (κ3) is 3.95. The second-order valence-corrected chi connectivity index (χ2v) is 6.48. The van der Waals surface area contributed by atoms with Gasteiger partial charge < -0.3 is 15.2 Å². The topological polar surface area (TPSA) is 84.2 Å². The molecule has 3 aromatic rings. The molecule has 1 aromatic carbocycles. The molecule has 2 amide bonds. The van der Waals surface area contributed by atoms with Crippen LogP contribution < -0.4 is 10.6 Å². The lowest BCUT2D eigenvalue weighted by Gasteiger charge is -2.10. The number of nitrogens with zero attached hydrogens (tertiary/aromatic N) is 1. The van der Waals surface area contributed by atoms with Gasteiger partial charge in [-0.3, -0.25) is 9.59 Å². The largest absolute Gasteiger partial charge is 0.355 e. The molecule has 0 aliphatic carbocycles. The molecule has 2 aromatic heterocycles. The van der Waals surface area contributed by atoms with Crippen molar-refractivity contribution in [2.45, 2.75) is 13.8 Å². The predicted octanol–water partition coefficient (Wildman–Crippen LogP) is 3.39. The Hall–Kier alpha value is -2.93. The molecule has 7 heteroatoms. The summed E-state index contributed by atoms with van der Waals surface area (Å²) in [6, 6.07) is 11.0. The van der Waals surface area contributed by atoms with Gasteiger partial charge in [0.25, 0.3) is 5.91 Å². The zero-order chi connectivity index (χ0) is 17.8.